The van der Waals surface area contributed by atoms with Crippen molar-refractivity contribution in [3.8, 4) is 0 Å². The number of rotatable bonds is 5. The quantitative estimate of drug-likeness (QED) is 0.727. The summed E-state index contributed by atoms with van der Waals surface area (Å²) in [5, 5.41) is 0.750. The smallest absolute Gasteiger partial charge is 0.126 e. The third kappa shape index (κ3) is 4.44. The van der Waals surface area contributed by atoms with Crippen molar-refractivity contribution in [3.63, 3.8) is 0 Å². The Balaban J connectivity index is 2.01. The van der Waals surface area contributed by atoms with E-state index in [9.17, 15) is 8.78 Å². The van der Waals surface area contributed by atoms with Crippen molar-refractivity contribution in [3.05, 3.63) is 64.2 Å². The molecule has 22 heavy (non-hydrogen) atoms. The summed E-state index contributed by atoms with van der Waals surface area (Å²) < 4.78 is 26.5. The summed E-state index contributed by atoms with van der Waals surface area (Å²) in [5.41, 5.74) is 2.80. The van der Waals surface area contributed by atoms with E-state index in [0.29, 0.717) is 12.0 Å². The minimum atomic E-state index is -0.524. The molecule has 2 aromatic rings. The molecule has 0 heterocycles. The molecule has 0 saturated heterocycles. The number of halogens is 3. The van der Waals surface area contributed by atoms with Gasteiger partial charge in [-0.05, 0) is 60.7 Å². The fourth-order valence-corrected chi connectivity index (χ4v) is 2.75. The lowest BCUT2D eigenvalue weighted by molar-refractivity contribution is 0.554. The number of nitrogens with zero attached hydrogens (tertiary/aromatic N) is 1. The number of hydrogen-bond donors (Lipinski definition) is 0. The normalized spacial score (nSPS) is 12.3. The van der Waals surface area contributed by atoms with Crippen molar-refractivity contribution < 1.29 is 8.78 Å². The van der Waals surface area contributed by atoms with E-state index in [1.807, 2.05) is 32.2 Å². The molecule has 0 fully saturated rings. The van der Waals surface area contributed by atoms with Gasteiger partial charge in [-0.2, -0.15) is 0 Å². The summed E-state index contributed by atoms with van der Waals surface area (Å²) in [4.78, 5) is 2.13. The van der Waals surface area contributed by atoms with Crippen molar-refractivity contribution >= 4 is 17.3 Å². The molecule has 0 bridgehead atoms. The van der Waals surface area contributed by atoms with E-state index in [2.05, 4.69) is 11.8 Å². The molecule has 0 spiro atoms. The van der Waals surface area contributed by atoms with Crippen molar-refractivity contribution in [1.29, 1.82) is 0 Å². The summed E-state index contributed by atoms with van der Waals surface area (Å²) in [5.74, 6) is -0.782. The summed E-state index contributed by atoms with van der Waals surface area (Å²) in [6, 6.07) is 9.59. The van der Waals surface area contributed by atoms with Gasteiger partial charge in [0.15, 0.2) is 0 Å². The second kappa shape index (κ2) is 7.10. The zero-order chi connectivity index (χ0) is 16.3. The van der Waals surface area contributed by atoms with Crippen LogP contribution in [0.25, 0.3) is 0 Å². The molecule has 0 saturated carbocycles. The predicted molar refractivity (Wildman–Crippen MR) is 88.7 cm³/mol. The van der Waals surface area contributed by atoms with E-state index < -0.39 is 11.6 Å². The zero-order valence-electron chi connectivity index (χ0n) is 13.0. The minimum Gasteiger partial charge on any atom is -0.374 e. The van der Waals surface area contributed by atoms with Crippen LogP contribution in [0.3, 0.4) is 0 Å². The molecule has 0 N–H and O–H groups in total. The number of benzene rings is 2. The highest BCUT2D eigenvalue weighted by Crippen LogP contribution is 2.23. The van der Waals surface area contributed by atoms with Crippen LogP contribution in [0.2, 0.25) is 5.02 Å². The SMILES string of the molecule is Cc1cc(N(C)C[C@@H](C)Cc2cc(F)cc(F)c2)ccc1Cl. The Labute approximate surface area is 135 Å². The van der Waals surface area contributed by atoms with E-state index in [1.54, 1.807) is 0 Å². The second-order valence-electron chi connectivity index (χ2n) is 5.90. The van der Waals surface area contributed by atoms with Crippen LogP contribution in [0.4, 0.5) is 14.5 Å². The van der Waals surface area contributed by atoms with Gasteiger partial charge in [-0.15, -0.1) is 0 Å². The van der Waals surface area contributed by atoms with Gasteiger partial charge < -0.3 is 4.90 Å². The summed E-state index contributed by atoms with van der Waals surface area (Å²) >= 11 is 6.04. The van der Waals surface area contributed by atoms with Crippen LogP contribution in [0.15, 0.2) is 36.4 Å². The first kappa shape index (κ1) is 16.8. The number of aryl methyl sites for hydroxylation is 1. The first-order valence-corrected chi connectivity index (χ1v) is 7.65. The average Bonchev–Trinajstić information content (AvgIpc) is 2.40. The van der Waals surface area contributed by atoms with E-state index in [4.69, 9.17) is 11.6 Å². The first-order chi connectivity index (χ1) is 10.3. The predicted octanol–water partition coefficient (Wildman–Crippen LogP) is 5.24. The third-order valence-electron chi connectivity index (χ3n) is 3.67. The second-order valence-corrected chi connectivity index (χ2v) is 6.31. The lowest BCUT2D eigenvalue weighted by atomic mass is 10.00. The highest BCUT2D eigenvalue weighted by molar-refractivity contribution is 6.31. The van der Waals surface area contributed by atoms with Gasteiger partial charge in [0.25, 0.3) is 0 Å². The summed E-state index contributed by atoms with van der Waals surface area (Å²) in [7, 11) is 2.01. The molecule has 0 aliphatic heterocycles. The Bertz CT molecular complexity index is 637. The Morgan fingerprint density at radius 2 is 1.73 bits per heavy atom. The first-order valence-electron chi connectivity index (χ1n) is 7.27. The lowest BCUT2D eigenvalue weighted by Gasteiger charge is -2.24. The van der Waals surface area contributed by atoms with Crippen LogP contribution in [-0.4, -0.2) is 13.6 Å². The molecule has 1 nitrogen and oxygen atoms in total. The van der Waals surface area contributed by atoms with Gasteiger partial charge in [0.1, 0.15) is 11.6 Å². The van der Waals surface area contributed by atoms with Crippen molar-refractivity contribution in [2.24, 2.45) is 5.92 Å². The Morgan fingerprint density at radius 3 is 2.32 bits per heavy atom. The Kier molecular flexibility index (Phi) is 5.41. The van der Waals surface area contributed by atoms with Crippen molar-refractivity contribution in [1.82, 2.24) is 0 Å². The van der Waals surface area contributed by atoms with Crippen LogP contribution < -0.4 is 4.90 Å². The summed E-state index contributed by atoms with van der Waals surface area (Å²) in [6.45, 7) is 4.83. The largest absolute Gasteiger partial charge is 0.374 e. The van der Waals surface area contributed by atoms with E-state index >= 15 is 0 Å². The molecule has 0 unspecified atom stereocenters. The zero-order valence-corrected chi connectivity index (χ0v) is 13.8. The molecule has 0 amide bonds. The lowest BCUT2D eigenvalue weighted by Crippen LogP contribution is -2.25. The molecular formula is C18H20ClF2N. The van der Waals surface area contributed by atoms with Gasteiger partial charge in [-0.3, -0.25) is 0 Å². The molecule has 0 aliphatic rings. The third-order valence-corrected chi connectivity index (χ3v) is 4.10. The molecule has 2 rings (SSSR count). The molecule has 0 aromatic heterocycles. The van der Waals surface area contributed by atoms with E-state index in [0.717, 1.165) is 28.9 Å². The topological polar surface area (TPSA) is 3.24 Å². The molecule has 1 atom stereocenters. The van der Waals surface area contributed by atoms with Crippen LogP contribution in [0, 0.1) is 24.5 Å². The van der Waals surface area contributed by atoms with Gasteiger partial charge in [0.05, 0.1) is 0 Å². The fraction of sp³-hybridized carbons (Fsp3) is 0.333. The maximum atomic E-state index is 13.2. The maximum Gasteiger partial charge on any atom is 0.126 e. The van der Waals surface area contributed by atoms with Crippen LogP contribution in [-0.2, 0) is 6.42 Å². The van der Waals surface area contributed by atoms with Gasteiger partial charge in [0.2, 0.25) is 0 Å². The monoisotopic (exact) mass is 323 g/mol. The van der Waals surface area contributed by atoms with Gasteiger partial charge in [0, 0.05) is 30.4 Å². The molecule has 2 aromatic carbocycles. The number of hydrogen-bond acceptors (Lipinski definition) is 1. The standard InChI is InChI=1S/C18H20ClF2N/c1-12(6-14-8-15(20)10-16(21)9-14)11-22(3)17-4-5-18(19)13(2)7-17/h4-5,7-10,12H,6,11H2,1-3H3/t12-/m0/s1. The summed E-state index contributed by atoms with van der Waals surface area (Å²) in [6.07, 6.45) is 0.631. The molecule has 0 aliphatic carbocycles. The number of anilines is 1. The van der Waals surface area contributed by atoms with Crippen molar-refractivity contribution in [2.75, 3.05) is 18.5 Å². The Morgan fingerprint density at radius 1 is 1.09 bits per heavy atom. The van der Waals surface area contributed by atoms with Crippen molar-refractivity contribution in [2.45, 2.75) is 20.3 Å². The Hall–Kier alpha value is -1.61. The van der Waals surface area contributed by atoms with E-state index in [1.165, 1.54) is 12.1 Å². The highest BCUT2D eigenvalue weighted by atomic mass is 35.5. The molecule has 0 radical (unpaired) electrons. The van der Waals surface area contributed by atoms with Gasteiger partial charge >= 0.3 is 0 Å². The van der Waals surface area contributed by atoms with Crippen LogP contribution in [0.5, 0.6) is 0 Å². The molecule has 118 valence electrons. The average molecular weight is 324 g/mol. The molecule has 4 heteroatoms. The van der Waals surface area contributed by atoms with Gasteiger partial charge in [-0.25, -0.2) is 8.78 Å². The van der Waals surface area contributed by atoms with Crippen LogP contribution >= 0.6 is 11.6 Å². The van der Waals surface area contributed by atoms with Gasteiger partial charge in [-0.1, -0.05) is 18.5 Å². The minimum absolute atomic E-state index is 0.266. The fourth-order valence-electron chi connectivity index (χ4n) is 2.63. The molecular weight excluding hydrogens is 304 g/mol. The maximum absolute atomic E-state index is 13.2. The van der Waals surface area contributed by atoms with Crippen LogP contribution in [0.1, 0.15) is 18.1 Å². The van der Waals surface area contributed by atoms with E-state index in [-0.39, 0.29) is 5.92 Å². The highest BCUT2D eigenvalue weighted by Gasteiger charge is 2.11.